The van der Waals surface area contributed by atoms with Crippen LogP contribution in [0.25, 0.3) is 0 Å². The first-order chi connectivity index (χ1) is 6.24. The predicted molar refractivity (Wildman–Crippen MR) is 60.6 cm³/mol. The minimum Gasteiger partial charge on any atom is -0.390 e. The van der Waals surface area contributed by atoms with Crippen LogP contribution in [0.2, 0.25) is 0 Å². The van der Waals surface area contributed by atoms with Crippen molar-refractivity contribution in [3.63, 3.8) is 0 Å². The standard InChI is InChI=1S/C10H23N3O/c1-10(2,14)7-8-11-9(12(3)4)13(5)6/h14H,7-8H2,1-6H3. The lowest BCUT2D eigenvalue weighted by molar-refractivity contribution is 0.0737. The van der Waals surface area contributed by atoms with E-state index in [1.165, 1.54) is 0 Å². The first-order valence-corrected chi connectivity index (χ1v) is 4.85. The van der Waals surface area contributed by atoms with Gasteiger partial charge in [0.15, 0.2) is 5.96 Å². The maximum atomic E-state index is 9.51. The molecule has 0 radical (unpaired) electrons. The van der Waals surface area contributed by atoms with Gasteiger partial charge in [0.1, 0.15) is 0 Å². The molecule has 0 unspecified atom stereocenters. The second-order valence-electron chi connectivity index (χ2n) is 4.53. The maximum Gasteiger partial charge on any atom is 0.195 e. The zero-order chi connectivity index (χ0) is 11.4. The largest absolute Gasteiger partial charge is 0.390 e. The summed E-state index contributed by atoms with van der Waals surface area (Å²) >= 11 is 0. The van der Waals surface area contributed by atoms with Crippen molar-refractivity contribution in [2.75, 3.05) is 34.7 Å². The first kappa shape index (κ1) is 13.2. The smallest absolute Gasteiger partial charge is 0.195 e. The highest BCUT2D eigenvalue weighted by Crippen LogP contribution is 2.06. The molecule has 0 aliphatic heterocycles. The van der Waals surface area contributed by atoms with Crippen molar-refractivity contribution in [1.29, 1.82) is 0 Å². The molecule has 0 bridgehead atoms. The summed E-state index contributed by atoms with van der Waals surface area (Å²) in [4.78, 5) is 8.34. The Morgan fingerprint density at radius 2 is 1.57 bits per heavy atom. The lowest BCUT2D eigenvalue weighted by atomic mass is 10.1. The van der Waals surface area contributed by atoms with Crippen LogP contribution in [-0.2, 0) is 0 Å². The third-order valence-electron chi connectivity index (χ3n) is 1.78. The summed E-state index contributed by atoms with van der Waals surface area (Å²) in [6.07, 6.45) is 0.679. The molecule has 0 saturated carbocycles. The minimum absolute atomic E-state index is 0.632. The van der Waals surface area contributed by atoms with Crippen LogP contribution in [0.5, 0.6) is 0 Å². The van der Waals surface area contributed by atoms with Gasteiger partial charge in [-0.25, -0.2) is 0 Å². The Balaban J connectivity index is 4.19. The quantitative estimate of drug-likeness (QED) is 0.537. The molecule has 0 fully saturated rings. The van der Waals surface area contributed by atoms with Gasteiger partial charge in [0.2, 0.25) is 0 Å². The van der Waals surface area contributed by atoms with Crippen molar-refractivity contribution in [1.82, 2.24) is 9.80 Å². The molecule has 14 heavy (non-hydrogen) atoms. The Hall–Kier alpha value is -0.770. The van der Waals surface area contributed by atoms with Crippen LogP contribution in [0, 0.1) is 0 Å². The number of aliphatic hydroxyl groups is 1. The maximum absolute atomic E-state index is 9.51. The molecule has 0 aromatic rings. The van der Waals surface area contributed by atoms with Crippen LogP contribution in [-0.4, -0.2) is 61.2 Å². The lowest BCUT2D eigenvalue weighted by Gasteiger charge is -2.23. The molecule has 0 rings (SSSR count). The molecule has 0 aliphatic rings. The molecule has 0 amide bonds. The summed E-state index contributed by atoms with van der Waals surface area (Å²) in [5.74, 6) is 0.925. The third kappa shape index (κ3) is 5.80. The van der Waals surface area contributed by atoms with Crippen LogP contribution < -0.4 is 0 Å². The molecule has 4 nitrogen and oxygen atoms in total. The Labute approximate surface area is 87.2 Å². The fraction of sp³-hybridized carbons (Fsp3) is 0.900. The number of hydrogen-bond donors (Lipinski definition) is 1. The summed E-state index contributed by atoms with van der Waals surface area (Å²) in [5.41, 5.74) is -0.632. The van der Waals surface area contributed by atoms with Gasteiger partial charge in [0.25, 0.3) is 0 Å². The number of rotatable bonds is 3. The van der Waals surface area contributed by atoms with Crippen molar-refractivity contribution < 1.29 is 5.11 Å². The average molecular weight is 201 g/mol. The molecule has 0 atom stereocenters. The van der Waals surface area contributed by atoms with Gasteiger partial charge in [-0.2, -0.15) is 0 Å². The minimum atomic E-state index is -0.632. The highest BCUT2D eigenvalue weighted by atomic mass is 16.3. The summed E-state index contributed by atoms with van der Waals surface area (Å²) in [6.45, 7) is 4.25. The second kappa shape index (κ2) is 5.20. The van der Waals surface area contributed by atoms with Crippen molar-refractivity contribution in [3.8, 4) is 0 Å². The van der Waals surface area contributed by atoms with E-state index in [-0.39, 0.29) is 0 Å². The Morgan fingerprint density at radius 1 is 1.14 bits per heavy atom. The summed E-state index contributed by atoms with van der Waals surface area (Å²) in [7, 11) is 7.84. The van der Waals surface area contributed by atoms with Gasteiger partial charge >= 0.3 is 0 Å². The molecule has 0 heterocycles. The molecule has 0 aromatic heterocycles. The zero-order valence-corrected chi connectivity index (χ0v) is 10.2. The van der Waals surface area contributed by atoms with Crippen LogP contribution >= 0.6 is 0 Å². The van der Waals surface area contributed by atoms with Gasteiger partial charge < -0.3 is 14.9 Å². The normalized spacial score (nSPS) is 11.1. The second-order valence-corrected chi connectivity index (χ2v) is 4.53. The van der Waals surface area contributed by atoms with Crippen LogP contribution in [0.3, 0.4) is 0 Å². The SMILES string of the molecule is CN(C)C(=NCCC(C)(C)O)N(C)C. The molecule has 4 heteroatoms. The summed E-state index contributed by atoms with van der Waals surface area (Å²) in [5, 5.41) is 9.51. The summed E-state index contributed by atoms with van der Waals surface area (Å²) in [6, 6.07) is 0. The number of aliphatic imine (C=N–C) groups is 1. The van der Waals surface area contributed by atoms with E-state index in [2.05, 4.69) is 4.99 Å². The Kier molecular flexibility index (Phi) is 4.91. The zero-order valence-electron chi connectivity index (χ0n) is 10.2. The molecule has 0 spiro atoms. The molecular weight excluding hydrogens is 178 g/mol. The number of hydrogen-bond acceptors (Lipinski definition) is 2. The monoisotopic (exact) mass is 201 g/mol. The van der Waals surface area contributed by atoms with Gasteiger partial charge in [-0.05, 0) is 20.3 Å². The van der Waals surface area contributed by atoms with Crippen LogP contribution in [0.1, 0.15) is 20.3 Å². The molecule has 84 valence electrons. The van der Waals surface area contributed by atoms with Crippen LogP contribution in [0.4, 0.5) is 0 Å². The molecule has 1 N–H and O–H groups in total. The Bertz CT molecular complexity index is 182. The van der Waals surface area contributed by atoms with Crippen molar-refractivity contribution in [2.24, 2.45) is 4.99 Å². The lowest BCUT2D eigenvalue weighted by Crippen LogP contribution is -2.35. The fourth-order valence-corrected chi connectivity index (χ4v) is 1.11. The third-order valence-corrected chi connectivity index (χ3v) is 1.78. The van der Waals surface area contributed by atoms with E-state index >= 15 is 0 Å². The average Bonchev–Trinajstić information content (AvgIpc) is 1.94. The van der Waals surface area contributed by atoms with E-state index in [0.717, 1.165) is 5.96 Å². The number of nitrogens with zero attached hydrogens (tertiary/aromatic N) is 3. The van der Waals surface area contributed by atoms with Gasteiger partial charge in [-0.15, -0.1) is 0 Å². The van der Waals surface area contributed by atoms with Gasteiger partial charge in [0.05, 0.1) is 5.60 Å². The highest BCUT2D eigenvalue weighted by Gasteiger charge is 2.12. The fourth-order valence-electron chi connectivity index (χ4n) is 1.11. The van der Waals surface area contributed by atoms with E-state index in [1.54, 1.807) is 13.8 Å². The summed E-state index contributed by atoms with van der Waals surface area (Å²) < 4.78 is 0. The van der Waals surface area contributed by atoms with E-state index in [1.807, 2.05) is 38.0 Å². The molecular formula is C10H23N3O. The number of guanidine groups is 1. The van der Waals surface area contributed by atoms with E-state index in [4.69, 9.17) is 0 Å². The van der Waals surface area contributed by atoms with Gasteiger partial charge in [0, 0.05) is 34.7 Å². The van der Waals surface area contributed by atoms with Crippen molar-refractivity contribution in [3.05, 3.63) is 0 Å². The highest BCUT2D eigenvalue weighted by molar-refractivity contribution is 5.79. The molecule has 0 aromatic carbocycles. The topological polar surface area (TPSA) is 39.1 Å². The predicted octanol–water partition coefficient (Wildman–Crippen LogP) is 0.627. The Morgan fingerprint density at radius 3 is 1.86 bits per heavy atom. The van der Waals surface area contributed by atoms with E-state index < -0.39 is 5.60 Å². The van der Waals surface area contributed by atoms with Crippen LogP contribution in [0.15, 0.2) is 4.99 Å². The van der Waals surface area contributed by atoms with E-state index in [9.17, 15) is 5.11 Å². The molecule has 0 aliphatic carbocycles. The van der Waals surface area contributed by atoms with Gasteiger partial charge in [-0.3, -0.25) is 4.99 Å². The van der Waals surface area contributed by atoms with Crippen molar-refractivity contribution in [2.45, 2.75) is 25.9 Å². The van der Waals surface area contributed by atoms with Crippen molar-refractivity contribution >= 4 is 5.96 Å². The first-order valence-electron chi connectivity index (χ1n) is 4.85. The molecule has 0 saturated heterocycles. The van der Waals surface area contributed by atoms with Gasteiger partial charge in [-0.1, -0.05) is 0 Å². The van der Waals surface area contributed by atoms with E-state index in [0.29, 0.717) is 13.0 Å².